The molecular formula is C20H16ClF2N3O3. The monoisotopic (exact) mass is 419 g/mol. The molecule has 0 aliphatic carbocycles. The number of ether oxygens (including phenoxy) is 2. The molecule has 0 bridgehead atoms. The fourth-order valence-electron chi connectivity index (χ4n) is 3.10. The van der Waals surface area contributed by atoms with Crippen LogP contribution in [0.4, 0.5) is 14.5 Å². The SMILES string of the molecule is Cc1nn(-c2cccc(C(=O)N(C)c3ccc4c(c3)OC(F)(F)O4)c2)c(C)c1Cl. The van der Waals surface area contributed by atoms with Crippen molar-refractivity contribution in [2.45, 2.75) is 20.1 Å². The molecule has 150 valence electrons. The summed E-state index contributed by atoms with van der Waals surface area (Å²) in [6, 6.07) is 11.1. The molecule has 0 atom stereocenters. The van der Waals surface area contributed by atoms with Crippen LogP contribution in [-0.2, 0) is 0 Å². The summed E-state index contributed by atoms with van der Waals surface area (Å²) in [7, 11) is 1.55. The van der Waals surface area contributed by atoms with Crippen LogP contribution in [0.1, 0.15) is 21.7 Å². The Labute approximate surface area is 170 Å². The van der Waals surface area contributed by atoms with Crippen molar-refractivity contribution in [2.75, 3.05) is 11.9 Å². The summed E-state index contributed by atoms with van der Waals surface area (Å²) in [5.41, 5.74) is 2.92. The standard InChI is InChI=1S/C20H16ClF2N3O3/c1-11-18(21)12(2)26(24-11)15-6-4-5-13(9-15)19(27)25(3)14-7-8-16-17(10-14)29-20(22,23)28-16/h4-10H,1-3H3. The van der Waals surface area contributed by atoms with Crippen LogP contribution >= 0.6 is 11.6 Å². The average molecular weight is 420 g/mol. The Balaban J connectivity index is 1.63. The normalized spacial score (nSPS) is 14.1. The first-order valence-corrected chi connectivity index (χ1v) is 9.04. The number of amides is 1. The summed E-state index contributed by atoms with van der Waals surface area (Å²) in [4.78, 5) is 14.3. The molecule has 2 heterocycles. The van der Waals surface area contributed by atoms with E-state index in [1.807, 2.05) is 13.0 Å². The van der Waals surface area contributed by atoms with Crippen LogP contribution in [0.15, 0.2) is 42.5 Å². The molecule has 0 saturated carbocycles. The first kappa shape index (κ1) is 19.2. The maximum absolute atomic E-state index is 13.2. The predicted molar refractivity (Wildman–Crippen MR) is 103 cm³/mol. The number of hydrogen-bond acceptors (Lipinski definition) is 4. The molecule has 9 heteroatoms. The quantitative estimate of drug-likeness (QED) is 0.615. The molecule has 1 aromatic heterocycles. The Hall–Kier alpha value is -3.13. The minimum Gasteiger partial charge on any atom is -0.395 e. The lowest BCUT2D eigenvalue weighted by atomic mass is 10.1. The molecule has 0 unspecified atom stereocenters. The topological polar surface area (TPSA) is 56.6 Å². The van der Waals surface area contributed by atoms with Crippen LogP contribution in [0, 0.1) is 13.8 Å². The summed E-state index contributed by atoms with van der Waals surface area (Å²) in [6.07, 6.45) is -3.71. The van der Waals surface area contributed by atoms with Crippen molar-refractivity contribution in [2.24, 2.45) is 0 Å². The maximum Gasteiger partial charge on any atom is 0.586 e. The molecule has 4 rings (SSSR count). The zero-order chi connectivity index (χ0) is 20.9. The molecule has 29 heavy (non-hydrogen) atoms. The number of nitrogens with zero attached hydrogens (tertiary/aromatic N) is 3. The molecule has 0 fully saturated rings. The molecule has 1 aliphatic rings. The lowest BCUT2D eigenvalue weighted by Gasteiger charge is -2.18. The third-order valence-corrected chi connectivity index (χ3v) is 5.16. The third kappa shape index (κ3) is 3.40. The summed E-state index contributed by atoms with van der Waals surface area (Å²) >= 11 is 6.21. The van der Waals surface area contributed by atoms with Crippen LogP contribution in [0.2, 0.25) is 5.02 Å². The number of hydrogen-bond donors (Lipinski definition) is 0. The average Bonchev–Trinajstić information content (AvgIpc) is 3.15. The van der Waals surface area contributed by atoms with E-state index in [2.05, 4.69) is 14.6 Å². The van der Waals surface area contributed by atoms with Crippen molar-refractivity contribution < 1.29 is 23.0 Å². The van der Waals surface area contributed by atoms with E-state index in [1.165, 1.54) is 23.1 Å². The summed E-state index contributed by atoms with van der Waals surface area (Å²) in [6.45, 7) is 3.64. The highest BCUT2D eigenvalue weighted by molar-refractivity contribution is 6.31. The molecule has 0 saturated heterocycles. The van der Waals surface area contributed by atoms with Gasteiger partial charge in [-0.2, -0.15) is 5.10 Å². The van der Waals surface area contributed by atoms with Gasteiger partial charge >= 0.3 is 6.29 Å². The number of fused-ring (bicyclic) bond motifs is 1. The van der Waals surface area contributed by atoms with E-state index in [-0.39, 0.29) is 17.4 Å². The molecule has 3 aromatic rings. The van der Waals surface area contributed by atoms with Gasteiger partial charge in [-0.25, -0.2) is 4.68 Å². The van der Waals surface area contributed by atoms with Crippen LogP contribution in [0.3, 0.4) is 0 Å². The Bertz CT molecular complexity index is 1130. The Morgan fingerprint density at radius 1 is 1.14 bits per heavy atom. The van der Waals surface area contributed by atoms with E-state index in [4.69, 9.17) is 11.6 Å². The number of anilines is 1. The van der Waals surface area contributed by atoms with Gasteiger partial charge in [-0.3, -0.25) is 4.79 Å². The lowest BCUT2D eigenvalue weighted by molar-refractivity contribution is -0.286. The van der Waals surface area contributed by atoms with Gasteiger partial charge in [-0.1, -0.05) is 17.7 Å². The number of aryl methyl sites for hydroxylation is 1. The van der Waals surface area contributed by atoms with Gasteiger partial charge in [-0.15, -0.1) is 8.78 Å². The lowest BCUT2D eigenvalue weighted by Crippen LogP contribution is -2.26. The predicted octanol–water partition coefficient (Wildman–Crippen LogP) is 4.74. The molecule has 1 amide bonds. The zero-order valence-corrected chi connectivity index (χ0v) is 16.5. The molecule has 6 nitrogen and oxygen atoms in total. The van der Waals surface area contributed by atoms with E-state index < -0.39 is 6.29 Å². The van der Waals surface area contributed by atoms with Crippen molar-refractivity contribution in [1.82, 2.24) is 9.78 Å². The molecule has 0 N–H and O–H groups in total. The Morgan fingerprint density at radius 3 is 2.55 bits per heavy atom. The Kier molecular flexibility index (Phi) is 4.46. The van der Waals surface area contributed by atoms with Crippen molar-refractivity contribution in [1.29, 1.82) is 0 Å². The third-order valence-electron chi connectivity index (χ3n) is 4.62. The van der Waals surface area contributed by atoms with Gasteiger partial charge in [0, 0.05) is 24.4 Å². The highest BCUT2D eigenvalue weighted by Crippen LogP contribution is 2.42. The highest BCUT2D eigenvalue weighted by Gasteiger charge is 2.43. The zero-order valence-electron chi connectivity index (χ0n) is 15.7. The van der Waals surface area contributed by atoms with Gasteiger partial charge < -0.3 is 14.4 Å². The maximum atomic E-state index is 13.2. The van der Waals surface area contributed by atoms with E-state index in [0.29, 0.717) is 27.7 Å². The van der Waals surface area contributed by atoms with E-state index >= 15 is 0 Å². The van der Waals surface area contributed by atoms with E-state index in [9.17, 15) is 13.6 Å². The number of benzene rings is 2. The second-order valence-corrected chi connectivity index (χ2v) is 6.99. The smallest absolute Gasteiger partial charge is 0.395 e. The summed E-state index contributed by atoms with van der Waals surface area (Å²) in [5.74, 6) is -0.536. The van der Waals surface area contributed by atoms with Crippen molar-refractivity contribution in [3.8, 4) is 17.2 Å². The van der Waals surface area contributed by atoms with Crippen molar-refractivity contribution >= 4 is 23.2 Å². The highest BCUT2D eigenvalue weighted by atomic mass is 35.5. The van der Waals surface area contributed by atoms with Crippen molar-refractivity contribution in [3.05, 3.63) is 64.4 Å². The number of rotatable bonds is 3. The number of alkyl halides is 2. The fraction of sp³-hybridized carbons (Fsp3) is 0.200. The second-order valence-electron chi connectivity index (χ2n) is 6.61. The Morgan fingerprint density at radius 2 is 1.86 bits per heavy atom. The van der Waals surface area contributed by atoms with Crippen molar-refractivity contribution in [3.63, 3.8) is 0 Å². The molecule has 0 spiro atoms. The number of carbonyl (C=O) groups is 1. The number of carbonyl (C=O) groups excluding carboxylic acids is 1. The van der Waals surface area contributed by atoms with Crippen LogP contribution in [-0.4, -0.2) is 29.0 Å². The number of halogens is 3. The van der Waals surface area contributed by atoms with Crippen LogP contribution in [0.25, 0.3) is 5.69 Å². The molecule has 0 radical (unpaired) electrons. The van der Waals surface area contributed by atoms with Gasteiger partial charge in [0.1, 0.15) is 0 Å². The number of aromatic nitrogens is 2. The van der Waals surface area contributed by atoms with Gasteiger partial charge in [0.05, 0.1) is 22.1 Å². The summed E-state index contributed by atoms with van der Waals surface area (Å²) in [5, 5.41) is 4.96. The van der Waals surface area contributed by atoms with Crippen LogP contribution in [0.5, 0.6) is 11.5 Å². The minimum atomic E-state index is -3.71. The molecule has 2 aromatic carbocycles. The van der Waals surface area contributed by atoms with Gasteiger partial charge in [0.2, 0.25) is 0 Å². The van der Waals surface area contributed by atoms with Gasteiger partial charge in [0.15, 0.2) is 11.5 Å². The van der Waals surface area contributed by atoms with E-state index in [1.54, 1.807) is 36.9 Å². The minimum absolute atomic E-state index is 0.0806. The summed E-state index contributed by atoms with van der Waals surface area (Å²) < 4.78 is 36.9. The first-order chi connectivity index (χ1) is 13.7. The van der Waals surface area contributed by atoms with E-state index in [0.717, 1.165) is 5.69 Å². The van der Waals surface area contributed by atoms with Gasteiger partial charge in [0.25, 0.3) is 5.91 Å². The fourth-order valence-corrected chi connectivity index (χ4v) is 3.22. The molecule has 1 aliphatic heterocycles. The second kappa shape index (κ2) is 6.73. The molecular weight excluding hydrogens is 404 g/mol. The first-order valence-electron chi connectivity index (χ1n) is 8.66. The largest absolute Gasteiger partial charge is 0.586 e. The van der Waals surface area contributed by atoms with Gasteiger partial charge in [-0.05, 0) is 44.2 Å². The van der Waals surface area contributed by atoms with Crippen LogP contribution < -0.4 is 14.4 Å².